The molecule has 0 aliphatic carbocycles. The van der Waals surface area contributed by atoms with Gasteiger partial charge in [-0.25, -0.2) is 0 Å². The predicted molar refractivity (Wildman–Crippen MR) is 47.5 cm³/mol. The maximum absolute atomic E-state index is 12.2. The fourth-order valence-electron chi connectivity index (χ4n) is 0.597. The Kier molecular flexibility index (Phi) is 2.48. The van der Waals surface area contributed by atoms with Gasteiger partial charge in [0, 0.05) is 3.57 Å². The number of benzene rings is 1. The van der Waals surface area contributed by atoms with E-state index in [1.54, 1.807) is 0 Å². The summed E-state index contributed by atoms with van der Waals surface area (Å²) in [5, 5.41) is 0. The first kappa shape index (κ1) is 8.92. The normalized spacial score (nSPS) is 11.5. The van der Waals surface area contributed by atoms with Gasteiger partial charge in [-0.15, -0.1) is 3.89 Å². The summed E-state index contributed by atoms with van der Waals surface area (Å²) in [6, 6.07) is 5.54. The van der Waals surface area contributed by atoms with Crippen molar-refractivity contribution in [2.75, 3.05) is 0 Å². The first-order valence-corrected chi connectivity index (χ1v) is 5.16. The van der Waals surface area contributed by atoms with E-state index in [1.165, 1.54) is 24.3 Å². The van der Waals surface area contributed by atoms with E-state index in [1.807, 2.05) is 22.6 Å². The molecule has 0 bridgehead atoms. The van der Waals surface area contributed by atoms with Gasteiger partial charge in [0.1, 0.15) is 0 Å². The fraction of sp³-hybridized carbons (Fsp3) is 0. The lowest BCUT2D eigenvalue weighted by molar-refractivity contribution is 0.552. The van der Waals surface area contributed by atoms with Crippen molar-refractivity contribution >= 4 is 32.8 Å². The third kappa shape index (κ3) is 2.41. The standard InChI is InChI=1S/C6H4FIO2S/c7-11(9,10)6-3-1-5(8)2-4-6/h1-4H/i7-1. The Morgan fingerprint density at radius 1 is 1.18 bits per heavy atom. The van der Waals surface area contributed by atoms with Gasteiger partial charge in [-0.3, -0.25) is 0 Å². The van der Waals surface area contributed by atoms with Crippen molar-refractivity contribution in [1.82, 2.24) is 0 Å². The molecule has 0 saturated heterocycles. The quantitative estimate of drug-likeness (QED) is 0.584. The van der Waals surface area contributed by atoms with Crippen LogP contribution in [-0.2, 0) is 10.2 Å². The Labute approximate surface area is 77.8 Å². The van der Waals surface area contributed by atoms with E-state index in [-0.39, 0.29) is 4.90 Å². The summed E-state index contributed by atoms with van der Waals surface area (Å²) in [6.45, 7) is 0. The van der Waals surface area contributed by atoms with Gasteiger partial charge in [0.2, 0.25) is 0 Å². The van der Waals surface area contributed by atoms with Crippen molar-refractivity contribution < 1.29 is 12.3 Å². The van der Waals surface area contributed by atoms with Gasteiger partial charge < -0.3 is 0 Å². The highest BCUT2D eigenvalue weighted by atomic mass is 127. The van der Waals surface area contributed by atoms with Gasteiger partial charge in [-0.05, 0) is 46.9 Å². The van der Waals surface area contributed by atoms with Crippen molar-refractivity contribution in [3.05, 3.63) is 27.8 Å². The SMILES string of the molecule is O=S(=O)([18F])c1ccc(I)cc1. The fourth-order valence-corrected chi connectivity index (χ4v) is 1.42. The third-order valence-corrected chi connectivity index (χ3v) is 2.65. The second-order valence-electron chi connectivity index (χ2n) is 1.89. The second-order valence-corrected chi connectivity index (χ2v) is 4.48. The Balaban J connectivity index is 3.20. The molecule has 0 N–H and O–H groups in total. The molecule has 0 heterocycles. The molecule has 60 valence electrons. The molecule has 0 radical (unpaired) electrons. The highest BCUT2D eigenvalue weighted by Crippen LogP contribution is 2.13. The van der Waals surface area contributed by atoms with Crippen LogP contribution in [-0.4, -0.2) is 8.42 Å². The van der Waals surface area contributed by atoms with Crippen molar-refractivity contribution in [2.24, 2.45) is 0 Å². The molecule has 0 spiro atoms. The van der Waals surface area contributed by atoms with Crippen LogP contribution in [0, 0.1) is 3.57 Å². The van der Waals surface area contributed by atoms with Crippen LogP contribution in [0.1, 0.15) is 0 Å². The van der Waals surface area contributed by atoms with Crippen LogP contribution in [0.25, 0.3) is 0 Å². The summed E-state index contributed by atoms with van der Waals surface area (Å²) >= 11 is 2.01. The van der Waals surface area contributed by atoms with Gasteiger partial charge in [-0.1, -0.05) is 0 Å². The van der Waals surface area contributed by atoms with Gasteiger partial charge in [-0.2, -0.15) is 8.42 Å². The molecule has 0 aromatic heterocycles. The van der Waals surface area contributed by atoms with E-state index < -0.39 is 10.2 Å². The van der Waals surface area contributed by atoms with Crippen molar-refractivity contribution in [3.63, 3.8) is 0 Å². The lowest BCUT2D eigenvalue weighted by Gasteiger charge is -1.92. The molecule has 1 rings (SSSR count). The lowest BCUT2D eigenvalue weighted by Crippen LogP contribution is -1.90. The molecule has 11 heavy (non-hydrogen) atoms. The molecule has 1 aromatic rings. The minimum atomic E-state index is -4.52. The molecule has 2 nitrogen and oxygen atoms in total. The zero-order valence-electron chi connectivity index (χ0n) is 5.29. The Morgan fingerprint density at radius 3 is 2.00 bits per heavy atom. The monoisotopic (exact) mass is 285 g/mol. The number of hydrogen-bond donors (Lipinski definition) is 0. The molecule has 1 aromatic carbocycles. The highest BCUT2D eigenvalue weighted by Gasteiger charge is 2.09. The zero-order chi connectivity index (χ0) is 8.48. The smallest absolute Gasteiger partial charge is 0.189 e. The van der Waals surface area contributed by atoms with Crippen LogP contribution in [0.5, 0.6) is 0 Å². The van der Waals surface area contributed by atoms with Gasteiger partial charge in [0.05, 0.1) is 4.90 Å². The molecule has 0 aliphatic rings. The molecule has 0 unspecified atom stereocenters. The van der Waals surface area contributed by atoms with Crippen molar-refractivity contribution in [1.29, 1.82) is 0 Å². The van der Waals surface area contributed by atoms with Crippen molar-refractivity contribution in [2.45, 2.75) is 4.90 Å². The molecule has 0 aliphatic heterocycles. The van der Waals surface area contributed by atoms with Crippen molar-refractivity contribution in [3.8, 4) is 0 Å². The number of rotatable bonds is 1. The highest BCUT2D eigenvalue weighted by molar-refractivity contribution is 14.1. The maximum atomic E-state index is 12.2. The first-order valence-electron chi connectivity index (χ1n) is 2.70. The molecular formula is C6H4FIO2S. The number of halogens is 2. The summed E-state index contributed by atoms with van der Waals surface area (Å²) in [5.74, 6) is 0. The third-order valence-electron chi connectivity index (χ3n) is 1.10. The van der Waals surface area contributed by atoms with Crippen LogP contribution >= 0.6 is 22.6 Å². The minimum absolute atomic E-state index is 0.294. The summed E-state index contributed by atoms with van der Waals surface area (Å²) in [6.07, 6.45) is 0. The second kappa shape index (κ2) is 3.06. The van der Waals surface area contributed by atoms with E-state index in [9.17, 15) is 12.3 Å². The predicted octanol–water partition coefficient (Wildman–Crippen LogP) is 1.95. The Bertz CT molecular complexity index is 343. The molecule has 0 amide bonds. The summed E-state index contributed by atoms with van der Waals surface area (Å²) in [5.41, 5.74) is 0. The average molecular weight is 285 g/mol. The van der Waals surface area contributed by atoms with E-state index >= 15 is 0 Å². The average Bonchev–Trinajstić information content (AvgIpc) is 1.86. The molecule has 5 heteroatoms. The van der Waals surface area contributed by atoms with E-state index in [2.05, 4.69) is 0 Å². The summed E-state index contributed by atoms with van der Waals surface area (Å²) in [7, 11) is -4.52. The summed E-state index contributed by atoms with van der Waals surface area (Å²) < 4.78 is 33.6. The van der Waals surface area contributed by atoms with E-state index in [0.29, 0.717) is 0 Å². The van der Waals surface area contributed by atoms with E-state index in [0.717, 1.165) is 3.57 Å². The lowest BCUT2D eigenvalue weighted by atomic mass is 10.4. The van der Waals surface area contributed by atoms with Gasteiger partial charge in [0.25, 0.3) is 0 Å². The molecular weight excluding hydrogens is 281 g/mol. The minimum Gasteiger partial charge on any atom is -0.189 e. The maximum Gasteiger partial charge on any atom is 0.332 e. The topological polar surface area (TPSA) is 34.1 Å². The molecule has 0 fully saturated rings. The summed E-state index contributed by atoms with van der Waals surface area (Å²) in [4.78, 5) is -0.294. The van der Waals surface area contributed by atoms with Crippen LogP contribution in [0.2, 0.25) is 0 Å². The molecule has 0 saturated carbocycles. The Hall–Kier alpha value is -0.170. The first-order chi connectivity index (χ1) is 5.00. The van der Waals surface area contributed by atoms with Crippen LogP contribution in [0.3, 0.4) is 0 Å². The Morgan fingerprint density at radius 2 is 1.64 bits per heavy atom. The van der Waals surface area contributed by atoms with E-state index in [4.69, 9.17) is 0 Å². The number of hydrogen-bond acceptors (Lipinski definition) is 2. The zero-order valence-corrected chi connectivity index (χ0v) is 8.26. The van der Waals surface area contributed by atoms with Crippen LogP contribution in [0.15, 0.2) is 29.2 Å². The van der Waals surface area contributed by atoms with Gasteiger partial charge in [0.15, 0.2) is 0 Å². The van der Waals surface area contributed by atoms with Crippen LogP contribution < -0.4 is 0 Å². The molecule has 0 atom stereocenters. The van der Waals surface area contributed by atoms with Gasteiger partial charge >= 0.3 is 10.2 Å². The largest absolute Gasteiger partial charge is 0.332 e. The van der Waals surface area contributed by atoms with Crippen LogP contribution in [0.4, 0.5) is 3.89 Å².